The number of nitrogens with zero attached hydrogens (tertiary/aromatic N) is 1. The van der Waals surface area contributed by atoms with Gasteiger partial charge in [-0.25, -0.2) is 0 Å². The van der Waals surface area contributed by atoms with Crippen LogP contribution in [0.4, 0.5) is 0 Å². The molecule has 0 saturated heterocycles. The average Bonchev–Trinajstić information content (AvgIpc) is 2.03. The summed E-state index contributed by atoms with van der Waals surface area (Å²) >= 11 is 0. The van der Waals surface area contributed by atoms with Crippen LogP contribution in [0.15, 0.2) is 29.9 Å². The maximum absolute atomic E-state index is 5.36. The molecular formula is C7H6ClNS. The molecule has 3 heteroatoms. The smallest absolute Gasteiger partial charge is 0.0340 e. The normalized spacial score (nSPS) is 10.5. The van der Waals surface area contributed by atoms with Crippen molar-refractivity contribution in [1.29, 1.82) is 0 Å². The average molecular weight is 172 g/mol. The highest BCUT2D eigenvalue weighted by Crippen LogP contribution is 2.10. The third-order valence-electron chi connectivity index (χ3n) is 0.996. The first-order valence-electron chi connectivity index (χ1n) is 2.77. The molecule has 0 bridgehead atoms. The van der Waals surface area contributed by atoms with Crippen LogP contribution in [0.25, 0.3) is 6.08 Å². The lowest BCUT2D eigenvalue weighted by Crippen LogP contribution is -1.71. The molecule has 0 aliphatic carbocycles. The molecule has 1 nitrogen and oxygen atoms in total. The summed E-state index contributed by atoms with van der Waals surface area (Å²) in [7, 11) is 6.52. The molecule has 0 atom stereocenters. The molecule has 1 aromatic heterocycles. The monoisotopic (exact) mass is 171 g/mol. The number of pyridine rings is 1. The van der Waals surface area contributed by atoms with Crippen LogP contribution in [0.1, 0.15) is 5.56 Å². The summed E-state index contributed by atoms with van der Waals surface area (Å²) in [6.07, 6.45) is 5.43. The molecule has 10 heavy (non-hydrogen) atoms. The van der Waals surface area contributed by atoms with Crippen LogP contribution in [0.5, 0.6) is 0 Å². The molecule has 0 radical (unpaired) electrons. The van der Waals surface area contributed by atoms with Crippen LogP contribution >= 0.6 is 21.7 Å². The minimum atomic E-state index is 1.07. The van der Waals surface area contributed by atoms with Crippen LogP contribution < -0.4 is 0 Å². The largest absolute Gasteiger partial charge is 0.264 e. The fourth-order valence-electron chi connectivity index (χ4n) is 0.579. The summed E-state index contributed by atoms with van der Waals surface area (Å²) in [4.78, 5) is 3.93. The van der Waals surface area contributed by atoms with Crippen LogP contribution in [0.3, 0.4) is 0 Å². The van der Waals surface area contributed by atoms with E-state index in [1.54, 1.807) is 17.8 Å². The van der Waals surface area contributed by atoms with E-state index in [9.17, 15) is 0 Å². The van der Waals surface area contributed by atoms with E-state index in [-0.39, 0.29) is 0 Å². The Bertz CT molecular complexity index is 210. The molecule has 0 unspecified atom stereocenters. The van der Waals surface area contributed by atoms with Crippen LogP contribution in [0.2, 0.25) is 0 Å². The molecule has 1 rings (SSSR count). The van der Waals surface area contributed by atoms with Gasteiger partial charge in [-0.1, -0.05) is 6.07 Å². The van der Waals surface area contributed by atoms with Gasteiger partial charge in [0.2, 0.25) is 0 Å². The van der Waals surface area contributed by atoms with Crippen molar-refractivity contribution in [2.24, 2.45) is 0 Å². The lowest BCUT2D eigenvalue weighted by atomic mass is 10.3. The molecule has 1 heterocycles. The van der Waals surface area contributed by atoms with Crippen LogP contribution in [-0.4, -0.2) is 4.98 Å². The first-order chi connectivity index (χ1) is 4.93. The Morgan fingerprint density at radius 1 is 1.60 bits per heavy atom. The summed E-state index contributed by atoms with van der Waals surface area (Å²) in [5.74, 6) is 0. The van der Waals surface area contributed by atoms with E-state index < -0.39 is 0 Å². The Hall–Kier alpha value is -0.470. The molecule has 0 spiro atoms. The number of halogens is 1. The van der Waals surface area contributed by atoms with Gasteiger partial charge in [0.15, 0.2) is 0 Å². The molecule has 0 saturated carbocycles. The summed E-state index contributed by atoms with van der Waals surface area (Å²) in [6, 6.07) is 3.86. The van der Waals surface area contributed by atoms with E-state index in [1.165, 1.54) is 0 Å². The van der Waals surface area contributed by atoms with Crippen molar-refractivity contribution in [3.63, 3.8) is 0 Å². The highest BCUT2D eigenvalue weighted by atomic mass is 35.7. The Labute approximate surface area is 68.6 Å². The Morgan fingerprint density at radius 2 is 2.50 bits per heavy atom. The molecular weight excluding hydrogens is 166 g/mol. The van der Waals surface area contributed by atoms with Gasteiger partial charge in [0.1, 0.15) is 0 Å². The predicted molar refractivity (Wildman–Crippen MR) is 46.7 cm³/mol. The number of hydrogen-bond donors (Lipinski definition) is 0. The second-order valence-corrected chi connectivity index (χ2v) is 2.66. The van der Waals surface area contributed by atoms with E-state index in [0.29, 0.717) is 0 Å². The lowest BCUT2D eigenvalue weighted by Gasteiger charge is -1.86. The van der Waals surface area contributed by atoms with Gasteiger partial charge in [-0.05, 0) is 44.8 Å². The summed E-state index contributed by atoms with van der Waals surface area (Å²) in [5.41, 5.74) is 1.07. The van der Waals surface area contributed by atoms with Crippen LogP contribution in [0, 0.1) is 0 Å². The number of aromatic nitrogens is 1. The van der Waals surface area contributed by atoms with Crippen molar-refractivity contribution in [1.82, 2.24) is 4.98 Å². The third-order valence-corrected chi connectivity index (χ3v) is 1.54. The van der Waals surface area contributed by atoms with Gasteiger partial charge in [-0.15, -0.1) is 0 Å². The van der Waals surface area contributed by atoms with Crippen molar-refractivity contribution in [3.8, 4) is 0 Å². The molecule has 1 aromatic rings. The Balaban J connectivity index is 2.67. The van der Waals surface area contributed by atoms with E-state index in [2.05, 4.69) is 4.98 Å². The van der Waals surface area contributed by atoms with Gasteiger partial charge < -0.3 is 0 Å². The first kappa shape index (κ1) is 7.63. The fraction of sp³-hybridized carbons (Fsp3) is 0. The molecule has 0 fully saturated rings. The SMILES string of the molecule is ClS/C=C/c1cccnc1. The van der Waals surface area contributed by atoms with Crippen molar-refractivity contribution >= 4 is 27.7 Å². The van der Waals surface area contributed by atoms with Gasteiger partial charge in [-0.2, -0.15) is 0 Å². The van der Waals surface area contributed by atoms with E-state index in [0.717, 1.165) is 16.5 Å². The van der Waals surface area contributed by atoms with Crippen LogP contribution in [-0.2, 0) is 0 Å². The standard InChI is InChI=1S/C7H6ClNS/c8-10-5-3-7-2-1-4-9-6-7/h1-6H/b5-3+. The van der Waals surface area contributed by atoms with Gasteiger partial charge in [0.05, 0.1) is 0 Å². The zero-order chi connectivity index (χ0) is 7.23. The third kappa shape index (κ3) is 2.42. The second-order valence-electron chi connectivity index (χ2n) is 1.68. The topological polar surface area (TPSA) is 12.9 Å². The second kappa shape index (κ2) is 4.36. The lowest BCUT2D eigenvalue weighted by molar-refractivity contribution is 1.32. The minimum absolute atomic E-state index is 1.07. The Kier molecular flexibility index (Phi) is 3.33. The summed E-state index contributed by atoms with van der Waals surface area (Å²) in [5, 5.41) is 1.80. The van der Waals surface area contributed by atoms with E-state index in [4.69, 9.17) is 10.7 Å². The number of hydrogen-bond acceptors (Lipinski definition) is 2. The Morgan fingerprint density at radius 3 is 3.10 bits per heavy atom. The highest BCUT2D eigenvalue weighted by Gasteiger charge is 1.80. The molecule has 0 amide bonds. The van der Waals surface area contributed by atoms with Gasteiger partial charge in [0.25, 0.3) is 0 Å². The molecule has 0 N–H and O–H groups in total. The minimum Gasteiger partial charge on any atom is -0.264 e. The van der Waals surface area contributed by atoms with Gasteiger partial charge >= 0.3 is 0 Å². The van der Waals surface area contributed by atoms with Crippen molar-refractivity contribution in [2.45, 2.75) is 0 Å². The van der Waals surface area contributed by atoms with Gasteiger partial charge in [-0.3, -0.25) is 4.98 Å². The zero-order valence-corrected chi connectivity index (χ0v) is 6.77. The molecule has 0 aliphatic rings. The van der Waals surface area contributed by atoms with Gasteiger partial charge in [0, 0.05) is 12.4 Å². The highest BCUT2D eigenvalue weighted by molar-refractivity contribution is 8.23. The molecule has 52 valence electrons. The van der Waals surface area contributed by atoms with E-state index >= 15 is 0 Å². The first-order valence-corrected chi connectivity index (χ1v) is 4.48. The predicted octanol–water partition coefficient (Wildman–Crippen LogP) is 2.94. The summed E-state index contributed by atoms with van der Waals surface area (Å²) < 4.78 is 0. The van der Waals surface area contributed by atoms with Crippen molar-refractivity contribution in [2.75, 3.05) is 0 Å². The van der Waals surface area contributed by atoms with Crippen molar-refractivity contribution < 1.29 is 0 Å². The molecule has 0 aliphatic heterocycles. The maximum Gasteiger partial charge on any atom is 0.0340 e. The van der Waals surface area contributed by atoms with Crippen molar-refractivity contribution in [3.05, 3.63) is 35.5 Å². The van der Waals surface area contributed by atoms with E-state index in [1.807, 2.05) is 18.2 Å². The number of rotatable bonds is 2. The molecule has 0 aromatic carbocycles. The quantitative estimate of drug-likeness (QED) is 0.679. The summed E-state index contributed by atoms with van der Waals surface area (Å²) in [6.45, 7) is 0. The maximum atomic E-state index is 5.36. The fourth-order valence-corrected chi connectivity index (χ4v) is 0.942. The zero-order valence-electron chi connectivity index (χ0n) is 5.20.